The minimum atomic E-state index is -3.81. The highest BCUT2D eigenvalue weighted by Gasteiger charge is 2.21. The summed E-state index contributed by atoms with van der Waals surface area (Å²) in [5.74, 6) is 0.676. The van der Waals surface area contributed by atoms with E-state index >= 15 is 0 Å². The van der Waals surface area contributed by atoms with Gasteiger partial charge in [0, 0.05) is 23.9 Å². The van der Waals surface area contributed by atoms with Crippen LogP contribution in [0.3, 0.4) is 0 Å². The molecule has 0 atom stereocenters. The molecule has 0 spiro atoms. The zero-order valence-corrected chi connectivity index (χ0v) is 17.1. The number of carbonyl (C=O) groups is 1. The van der Waals surface area contributed by atoms with Crippen molar-refractivity contribution in [1.82, 2.24) is 4.72 Å². The number of hydrogen-bond acceptors (Lipinski definition) is 6. The Balaban J connectivity index is 2.32. The largest absolute Gasteiger partial charge is 0.495 e. The van der Waals surface area contributed by atoms with Crippen LogP contribution in [0.4, 0.5) is 5.69 Å². The van der Waals surface area contributed by atoms with Crippen LogP contribution in [-0.4, -0.2) is 42.2 Å². The Morgan fingerprint density at radius 2 is 1.57 bits per heavy atom. The van der Waals surface area contributed by atoms with Crippen molar-refractivity contribution in [2.45, 2.75) is 18.2 Å². The highest BCUT2D eigenvalue weighted by Crippen LogP contribution is 2.30. The topological polar surface area (TPSA) is 103 Å². The minimum absolute atomic E-state index is 0.0941. The van der Waals surface area contributed by atoms with E-state index in [1.807, 2.05) is 6.92 Å². The number of methoxy groups -OCH3 is 3. The van der Waals surface area contributed by atoms with Crippen molar-refractivity contribution < 1.29 is 27.4 Å². The van der Waals surface area contributed by atoms with E-state index < -0.39 is 15.9 Å². The summed E-state index contributed by atoms with van der Waals surface area (Å²) in [7, 11) is 0.577. The third-order valence-electron chi connectivity index (χ3n) is 3.90. The molecule has 2 N–H and O–H groups in total. The molecule has 0 aliphatic rings. The molecule has 2 aromatic carbocycles. The Morgan fingerprint density at radius 1 is 0.929 bits per heavy atom. The van der Waals surface area contributed by atoms with Gasteiger partial charge in [-0.05, 0) is 36.8 Å². The molecular weight excluding hydrogens is 384 g/mol. The summed E-state index contributed by atoms with van der Waals surface area (Å²) in [5.41, 5.74) is 0.652. The van der Waals surface area contributed by atoms with Gasteiger partial charge in [-0.3, -0.25) is 4.79 Å². The molecule has 0 unspecified atom stereocenters. The zero-order chi connectivity index (χ0) is 20.7. The maximum Gasteiger partial charge on any atom is 0.255 e. The number of benzene rings is 2. The van der Waals surface area contributed by atoms with Gasteiger partial charge in [-0.15, -0.1) is 0 Å². The Bertz CT molecular complexity index is 943. The fourth-order valence-corrected chi connectivity index (χ4v) is 3.79. The standard InChI is InChI=1S/C19H24N2O6S/c1-5-10-20-28(23,24)18-11-13(6-8-16(18)26-3)19(22)21-14-7-9-15(25-2)17(12-14)27-4/h6-9,11-12,20H,5,10H2,1-4H3,(H,21,22). The average Bonchev–Trinajstić information content (AvgIpc) is 2.71. The Hall–Kier alpha value is -2.78. The number of rotatable bonds is 9. The Morgan fingerprint density at radius 3 is 2.18 bits per heavy atom. The van der Waals surface area contributed by atoms with E-state index in [2.05, 4.69) is 10.0 Å². The predicted molar refractivity (Wildman–Crippen MR) is 106 cm³/mol. The molecule has 8 nitrogen and oxygen atoms in total. The van der Waals surface area contributed by atoms with Gasteiger partial charge in [-0.25, -0.2) is 13.1 Å². The maximum absolute atomic E-state index is 12.6. The number of ether oxygens (including phenoxy) is 3. The third-order valence-corrected chi connectivity index (χ3v) is 5.38. The predicted octanol–water partition coefficient (Wildman–Crippen LogP) is 2.65. The van der Waals surface area contributed by atoms with E-state index in [1.165, 1.54) is 39.5 Å². The average molecular weight is 408 g/mol. The van der Waals surface area contributed by atoms with Crippen molar-refractivity contribution in [1.29, 1.82) is 0 Å². The summed E-state index contributed by atoms with van der Waals surface area (Å²) in [6, 6.07) is 9.15. The van der Waals surface area contributed by atoms with E-state index in [0.29, 0.717) is 23.6 Å². The molecule has 0 radical (unpaired) electrons. The number of hydrogen-bond donors (Lipinski definition) is 2. The molecule has 0 heterocycles. The molecule has 2 rings (SSSR count). The van der Waals surface area contributed by atoms with Crippen LogP contribution in [0.15, 0.2) is 41.3 Å². The summed E-state index contributed by atoms with van der Waals surface area (Å²) < 4.78 is 43.0. The number of nitrogens with one attached hydrogen (secondary N) is 2. The normalized spacial score (nSPS) is 11.0. The van der Waals surface area contributed by atoms with Crippen LogP contribution in [0.1, 0.15) is 23.7 Å². The van der Waals surface area contributed by atoms with Crippen molar-refractivity contribution in [2.24, 2.45) is 0 Å². The lowest BCUT2D eigenvalue weighted by Crippen LogP contribution is -2.25. The van der Waals surface area contributed by atoms with Crippen LogP contribution < -0.4 is 24.2 Å². The van der Waals surface area contributed by atoms with Crippen molar-refractivity contribution in [3.05, 3.63) is 42.0 Å². The fraction of sp³-hybridized carbons (Fsp3) is 0.316. The van der Waals surface area contributed by atoms with E-state index in [1.54, 1.807) is 18.2 Å². The number of anilines is 1. The molecule has 0 saturated heterocycles. The van der Waals surface area contributed by atoms with Crippen LogP contribution in [0.5, 0.6) is 17.2 Å². The lowest BCUT2D eigenvalue weighted by molar-refractivity contribution is 0.102. The highest BCUT2D eigenvalue weighted by molar-refractivity contribution is 7.89. The molecule has 9 heteroatoms. The Kier molecular flexibility index (Phi) is 7.24. The van der Waals surface area contributed by atoms with Crippen molar-refractivity contribution in [3.8, 4) is 17.2 Å². The molecule has 152 valence electrons. The number of amides is 1. The van der Waals surface area contributed by atoms with Gasteiger partial charge in [0.1, 0.15) is 10.6 Å². The van der Waals surface area contributed by atoms with Gasteiger partial charge in [0.2, 0.25) is 10.0 Å². The summed E-state index contributed by atoms with van der Waals surface area (Å²) in [4.78, 5) is 12.5. The van der Waals surface area contributed by atoms with E-state index in [-0.39, 0.29) is 22.8 Å². The molecule has 0 aliphatic heterocycles. The molecule has 0 aromatic heterocycles. The highest BCUT2D eigenvalue weighted by atomic mass is 32.2. The molecule has 0 fully saturated rings. The molecular formula is C19H24N2O6S. The first-order valence-corrected chi connectivity index (χ1v) is 10.1. The summed E-state index contributed by atoms with van der Waals surface area (Å²) in [6.45, 7) is 2.14. The number of sulfonamides is 1. The smallest absolute Gasteiger partial charge is 0.255 e. The minimum Gasteiger partial charge on any atom is -0.495 e. The van der Waals surface area contributed by atoms with Gasteiger partial charge in [0.15, 0.2) is 11.5 Å². The van der Waals surface area contributed by atoms with Crippen molar-refractivity contribution >= 4 is 21.6 Å². The van der Waals surface area contributed by atoms with E-state index in [9.17, 15) is 13.2 Å². The van der Waals surface area contributed by atoms with E-state index in [4.69, 9.17) is 14.2 Å². The summed E-state index contributed by atoms with van der Waals surface area (Å²) in [6.07, 6.45) is 0.640. The molecule has 0 aliphatic carbocycles. The van der Waals surface area contributed by atoms with Gasteiger partial charge in [0.25, 0.3) is 5.91 Å². The third kappa shape index (κ3) is 4.93. The van der Waals surface area contributed by atoms with Gasteiger partial charge < -0.3 is 19.5 Å². The quantitative estimate of drug-likeness (QED) is 0.661. The summed E-state index contributed by atoms with van der Waals surface area (Å²) in [5, 5.41) is 2.71. The van der Waals surface area contributed by atoms with Gasteiger partial charge in [-0.1, -0.05) is 6.92 Å². The zero-order valence-electron chi connectivity index (χ0n) is 16.2. The van der Waals surface area contributed by atoms with E-state index in [0.717, 1.165) is 0 Å². The Labute approximate surface area is 164 Å². The first-order valence-electron chi connectivity index (χ1n) is 8.57. The second-order valence-corrected chi connectivity index (χ2v) is 7.52. The van der Waals surface area contributed by atoms with Crippen LogP contribution in [-0.2, 0) is 10.0 Å². The lowest BCUT2D eigenvalue weighted by atomic mass is 10.2. The molecule has 0 saturated carbocycles. The van der Waals surface area contributed by atoms with Crippen LogP contribution in [0.2, 0.25) is 0 Å². The molecule has 1 amide bonds. The second kappa shape index (κ2) is 9.43. The lowest BCUT2D eigenvalue weighted by Gasteiger charge is -2.13. The maximum atomic E-state index is 12.6. The fourth-order valence-electron chi connectivity index (χ4n) is 2.46. The SMILES string of the molecule is CCCNS(=O)(=O)c1cc(C(=O)Nc2ccc(OC)c(OC)c2)ccc1OC. The van der Waals surface area contributed by atoms with Crippen molar-refractivity contribution in [2.75, 3.05) is 33.2 Å². The van der Waals surface area contributed by atoms with Crippen LogP contribution in [0, 0.1) is 0 Å². The first-order chi connectivity index (χ1) is 13.4. The van der Waals surface area contributed by atoms with Gasteiger partial charge >= 0.3 is 0 Å². The van der Waals surface area contributed by atoms with Crippen molar-refractivity contribution in [3.63, 3.8) is 0 Å². The van der Waals surface area contributed by atoms with Gasteiger partial charge in [-0.2, -0.15) is 0 Å². The van der Waals surface area contributed by atoms with Crippen LogP contribution in [0.25, 0.3) is 0 Å². The number of carbonyl (C=O) groups excluding carboxylic acids is 1. The molecule has 0 bridgehead atoms. The monoisotopic (exact) mass is 408 g/mol. The second-order valence-electron chi connectivity index (χ2n) is 5.79. The summed E-state index contributed by atoms with van der Waals surface area (Å²) >= 11 is 0. The molecule has 28 heavy (non-hydrogen) atoms. The van der Waals surface area contributed by atoms with Crippen LogP contribution >= 0.6 is 0 Å². The van der Waals surface area contributed by atoms with Gasteiger partial charge in [0.05, 0.1) is 21.3 Å². The molecule has 2 aromatic rings. The first kappa shape index (κ1) is 21.5.